The Kier molecular flexibility index (Phi) is 2.67. The molecular weight excluding hydrogens is 212 g/mol. The van der Waals surface area contributed by atoms with Gasteiger partial charge in [0.1, 0.15) is 11.5 Å². The van der Waals surface area contributed by atoms with Gasteiger partial charge in [-0.15, -0.1) is 0 Å². The zero-order valence-electron chi connectivity index (χ0n) is 8.43. The van der Waals surface area contributed by atoms with Gasteiger partial charge >= 0.3 is 0 Å². The predicted molar refractivity (Wildman–Crippen MR) is 56.2 cm³/mol. The smallest absolute Gasteiger partial charge is 0.262 e. The maximum atomic E-state index is 11.1. The number of amides is 1. The van der Waals surface area contributed by atoms with Gasteiger partial charge < -0.3 is 26.0 Å². The first-order valence-corrected chi connectivity index (χ1v) is 4.79. The summed E-state index contributed by atoms with van der Waals surface area (Å²) in [4.78, 5) is 11.1. The number of hydrogen-bond donors (Lipinski definition) is 4. The second-order valence-corrected chi connectivity index (χ2v) is 3.50. The summed E-state index contributed by atoms with van der Waals surface area (Å²) < 4.78 is 5.21. The number of benzene rings is 1. The largest absolute Gasteiger partial charge is 0.508 e. The van der Waals surface area contributed by atoms with E-state index in [9.17, 15) is 15.0 Å². The molecule has 0 fully saturated rings. The number of phenols is 1. The Morgan fingerprint density at radius 2 is 2.31 bits per heavy atom. The van der Waals surface area contributed by atoms with Crippen LogP contribution in [-0.2, 0) is 4.79 Å². The van der Waals surface area contributed by atoms with E-state index in [0.717, 1.165) is 0 Å². The average Bonchev–Trinajstić information content (AvgIpc) is 2.26. The first kappa shape index (κ1) is 10.7. The molecular formula is C10H12N2O4. The maximum Gasteiger partial charge on any atom is 0.262 e. The van der Waals surface area contributed by atoms with Crippen LogP contribution in [0.5, 0.6) is 11.5 Å². The van der Waals surface area contributed by atoms with Crippen molar-refractivity contribution in [2.24, 2.45) is 5.73 Å². The van der Waals surface area contributed by atoms with Crippen molar-refractivity contribution in [1.82, 2.24) is 0 Å². The zero-order valence-corrected chi connectivity index (χ0v) is 8.43. The number of aliphatic hydroxyl groups is 1. The van der Waals surface area contributed by atoms with Crippen LogP contribution < -0.4 is 15.8 Å². The average molecular weight is 224 g/mol. The van der Waals surface area contributed by atoms with E-state index >= 15 is 0 Å². The minimum absolute atomic E-state index is 0.00714. The van der Waals surface area contributed by atoms with Crippen LogP contribution in [0.1, 0.15) is 11.7 Å². The van der Waals surface area contributed by atoms with Crippen molar-refractivity contribution >= 4 is 11.6 Å². The molecule has 0 spiro atoms. The van der Waals surface area contributed by atoms with Gasteiger partial charge in [0.2, 0.25) is 0 Å². The lowest BCUT2D eigenvalue weighted by molar-refractivity contribution is -0.118. The Labute approximate surface area is 91.6 Å². The summed E-state index contributed by atoms with van der Waals surface area (Å²) in [6.07, 6.45) is -0.934. The van der Waals surface area contributed by atoms with Crippen LogP contribution in [0.15, 0.2) is 12.1 Å². The Balaban J connectivity index is 2.49. The lowest BCUT2D eigenvalue weighted by Crippen LogP contribution is -2.27. The molecule has 1 heterocycles. The fourth-order valence-electron chi connectivity index (χ4n) is 1.59. The van der Waals surface area contributed by atoms with Crippen LogP contribution in [0.25, 0.3) is 0 Å². The summed E-state index contributed by atoms with van der Waals surface area (Å²) in [7, 11) is 0. The number of hydrogen-bond acceptors (Lipinski definition) is 5. The Hall–Kier alpha value is -1.79. The number of carbonyl (C=O) groups excluding carboxylic acids is 1. The van der Waals surface area contributed by atoms with Gasteiger partial charge in [0.15, 0.2) is 6.61 Å². The summed E-state index contributed by atoms with van der Waals surface area (Å²) in [5.74, 6) is -0.00584. The van der Waals surface area contributed by atoms with Gasteiger partial charge in [-0.05, 0) is 6.07 Å². The van der Waals surface area contributed by atoms with Crippen molar-refractivity contribution in [2.45, 2.75) is 6.10 Å². The molecule has 0 aromatic heterocycles. The molecule has 5 N–H and O–H groups in total. The number of aliphatic hydroxyl groups excluding tert-OH is 1. The number of nitrogens with one attached hydrogen (secondary N) is 1. The number of nitrogens with two attached hydrogens (primary N) is 1. The van der Waals surface area contributed by atoms with Crippen LogP contribution in [0.3, 0.4) is 0 Å². The van der Waals surface area contributed by atoms with E-state index in [1.54, 1.807) is 0 Å². The SMILES string of the molecule is NC[C@H](O)c1cc(O)cc2c1OCC(=O)N2. The molecule has 0 unspecified atom stereocenters. The number of ether oxygens (including phenoxy) is 1. The van der Waals surface area contributed by atoms with E-state index in [4.69, 9.17) is 10.5 Å². The highest BCUT2D eigenvalue weighted by atomic mass is 16.5. The number of anilines is 1. The molecule has 1 aromatic rings. The molecule has 16 heavy (non-hydrogen) atoms. The van der Waals surface area contributed by atoms with Crippen molar-refractivity contribution in [1.29, 1.82) is 0 Å². The highest BCUT2D eigenvalue weighted by Crippen LogP contribution is 2.38. The highest BCUT2D eigenvalue weighted by Gasteiger charge is 2.23. The van der Waals surface area contributed by atoms with Crippen LogP contribution >= 0.6 is 0 Å². The minimum Gasteiger partial charge on any atom is -0.508 e. The summed E-state index contributed by atoms with van der Waals surface area (Å²) in [6, 6.07) is 2.73. The lowest BCUT2D eigenvalue weighted by Gasteiger charge is -2.22. The fraction of sp³-hybridized carbons (Fsp3) is 0.300. The fourth-order valence-corrected chi connectivity index (χ4v) is 1.59. The summed E-state index contributed by atoms with van der Waals surface area (Å²) in [5.41, 5.74) is 6.06. The number of fused-ring (bicyclic) bond motifs is 1. The third-order valence-corrected chi connectivity index (χ3v) is 2.31. The summed E-state index contributed by atoms with van der Waals surface area (Å²) in [6.45, 7) is -0.102. The molecule has 1 aliphatic rings. The van der Waals surface area contributed by atoms with Crippen molar-refractivity contribution in [3.8, 4) is 11.5 Å². The first-order valence-electron chi connectivity index (χ1n) is 4.79. The van der Waals surface area contributed by atoms with Crippen LogP contribution in [0.2, 0.25) is 0 Å². The zero-order chi connectivity index (χ0) is 11.7. The second kappa shape index (κ2) is 3.99. The molecule has 1 aliphatic heterocycles. The monoisotopic (exact) mass is 224 g/mol. The second-order valence-electron chi connectivity index (χ2n) is 3.50. The van der Waals surface area contributed by atoms with E-state index in [1.165, 1.54) is 12.1 Å². The first-order chi connectivity index (χ1) is 7.61. The van der Waals surface area contributed by atoms with Gasteiger partial charge in [-0.1, -0.05) is 0 Å². The van der Waals surface area contributed by atoms with E-state index in [0.29, 0.717) is 17.0 Å². The molecule has 0 aliphatic carbocycles. The lowest BCUT2D eigenvalue weighted by atomic mass is 10.1. The molecule has 1 aromatic carbocycles. The number of phenolic OH excluding ortho intramolecular Hbond substituents is 1. The van der Waals surface area contributed by atoms with Gasteiger partial charge in [0.25, 0.3) is 5.91 Å². The molecule has 0 saturated heterocycles. The molecule has 86 valence electrons. The molecule has 0 bridgehead atoms. The van der Waals surface area contributed by atoms with E-state index < -0.39 is 6.10 Å². The highest BCUT2D eigenvalue weighted by molar-refractivity contribution is 5.96. The van der Waals surface area contributed by atoms with E-state index in [2.05, 4.69) is 5.32 Å². The van der Waals surface area contributed by atoms with Gasteiger partial charge in [-0.25, -0.2) is 0 Å². The van der Waals surface area contributed by atoms with E-state index in [1.807, 2.05) is 0 Å². The third-order valence-electron chi connectivity index (χ3n) is 2.31. The van der Waals surface area contributed by atoms with Crippen molar-refractivity contribution in [3.63, 3.8) is 0 Å². The van der Waals surface area contributed by atoms with E-state index in [-0.39, 0.29) is 24.8 Å². The van der Waals surface area contributed by atoms with Crippen molar-refractivity contribution in [3.05, 3.63) is 17.7 Å². The number of carbonyl (C=O) groups is 1. The summed E-state index contributed by atoms with van der Waals surface area (Å²) >= 11 is 0. The number of aromatic hydroxyl groups is 1. The molecule has 1 atom stereocenters. The maximum absolute atomic E-state index is 11.1. The normalized spacial score (nSPS) is 16.0. The van der Waals surface area contributed by atoms with Crippen molar-refractivity contribution < 1.29 is 19.7 Å². The summed E-state index contributed by atoms with van der Waals surface area (Å²) in [5, 5.41) is 21.6. The van der Waals surface area contributed by atoms with Gasteiger partial charge in [-0.2, -0.15) is 0 Å². The Morgan fingerprint density at radius 1 is 1.56 bits per heavy atom. The third kappa shape index (κ3) is 1.80. The van der Waals surface area contributed by atoms with Crippen LogP contribution in [0.4, 0.5) is 5.69 Å². The van der Waals surface area contributed by atoms with Gasteiger partial charge in [0.05, 0.1) is 11.8 Å². The molecule has 6 nitrogen and oxygen atoms in total. The topological polar surface area (TPSA) is 105 Å². The number of rotatable bonds is 2. The van der Waals surface area contributed by atoms with Gasteiger partial charge in [-0.3, -0.25) is 4.79 Å². The van der Waals surface area contributed by atoms with Gasteiger partial charge in [0, 0.05) is 18.2 Å². The molecule has 0 saturated carbocycles. The van der Waals surface area contributed by atoms with Crippen molar-refractivity contribution in [2.75, 3.05) is 18.5 Å². The minimum atomic E-state index is -0.934. The standard InChI is InChI=1S/C10H12N2O4/c11-3-8(14)6-1-5(13)2-7-10(6)16-4-9(15)12-7/h1-2,8,13-14H,3-4,11H2,(H,12,15)/t8-/m0/s1. The van der Waals surface area contributed by atoms with Crippen LogP contribution in [0, 0.1) is 0 Å². The van der Waals surface area contributed by atoms with Crippen LogP contribution in [-0.4, -0.2) is 29.3 Å². The molecule has 1 amide bonds. The molecule has 6 heteroatoms. The molecule has 0 radical (unpaired) electrons. The predicted octanol–water partition coefficient (Wildman–Crippen LogP) is -0.285. The Morgan fingerprint density at radius 3 is 3.00 bits per heavy atom. The quantitative estimate of drug-likeness (QED) is 0.552. The molecule has 2 rings (SSSR count). The Bertz CT molecular complexity index is 433.